The van der Waals surface area contributed by atoms with E-state index >= 15 is 0 Å². The first-order valence-electron chi connectivity index (χ1n) is 8.43. The van der Waals surface area contributed by atoms with Crippen molar-refractivity contribution in [3.05, 3.63) is 77.6 Å². The highest BCUT2D eigenvalue weighted by Gasteiger charge is 2.41. The molecule has 0 unspecified atom stereocenters. The number of nitrogens with zero attached hydrogens (tertiary/aromatic N) is 4. The van der Waals surface area contributed by atoms with Gasteiger partial charge in [0.05, 0.1) is 5.41 Å². The number of tetrazole rings is 1. The molecule has 0 aliphatic carbocycles. The van der Waals surface area contributed by atoms with Gasteiger partial charge in [0, 0.05) is 6.54 Å². The highest BCUT2D eigenvalue weighted by atomic mass is 15.5. The maximum Gasteiger partial charge on any atom is 0.185 e. The maximum absolute atomic E-state index is 4.33. The molecule has 3 aromatic rings. The van der Waals surface area contributed by atoms with Crippen LogP contribution in [0.15, 0.2) is 60.7 Å². The Morgan fingerprint density at radius 1 is 0.917 bits per heavy atom. The summed E-state index contributed by atoms with van der Waals surface area (Å²) < 4.78 is 0. The maximum atomic E-state index is 4.33. The molecule has 2 aromatic carbocycles. The topological polar surface area (TPSA) is 57.7 Å². The van der Waals surface area contributed by atoms with Crippen LogP contribution >= 0.6 is 0 Å². The lowest BCUT2D eigenvalue weighted by atomic mass is 9.72. The zero-order chi connectivity index (χ0) is 16.2. The lowest BCUT2D eigenvalue weighted by molar-refractivity contribution is 0.167. The summed E-state index contributed by atoms with van der Waals surface area (Å²) in [4.78, 5) is 2.51. The Balaban J connectivity index is 1.56. The Morgan fingerprint density at radius 2 is 1.58 bits per heavy atom. The number of benzene rings is 2. The number of likely N-dealkylation sites (tertiary alicyclic amines) is 1. The summed E-state index contributed by atoms with van der Waals surface area (Å²) in [6.07, 6.45) is 2.01. The van der Waals surface area contributed by atoms with Gasteiger partial charge in [-0.25, -0.2) is 0 Å². The number of aromatic amines is 1. The van der Waals surface area contributed by atoms with Gasteiger partial charge in [0.2, 0.25) is 0 Å². The molecule has 2 heterocycles. The van der Waals surface area contributed by atoms with Crippen LogP contribution in [0.4, 0.5) is 0 Å². The first kappa shape index (κ1) is 15.0. The Kier molecular flexibility index (Phi) is 4.09. The molecule has 1 aliphatic rings. The van der Waals surface area contributed by atoms with Crippen LogP contribution < -0.4 is 0 Å². The summed E-state index contributed by atoms with van der Waals surface area (Å²) in [5.41, 5.74) is 2.51. The lowest BCUT2D eigenvalue weighted by Crippen LogP contribution is -2.43. The van der Waals surface area contributed by atoms with E-state index in [0.717, 1.165) is 38.3 Å². The Bertz CT molecular complexity index is 747. The van der Waals surface area contributed by atoms with Gasteiger partial charge in [-0.3, -0.25) is 4.90 Å². The molecular weight excluding hydrogens is 298 g/mol. The molecule has 5 heteroatoms. The van der Waals surface area contributed by atoms with Crippen molar-refractivity contribution >= 4 is 0 Å². The number of rotatable bonds is 4. The minimum atomic E-state index is -0.137. The summed E-state index contributed by atoms with van der Waals surface area (Å²) in [6, 6.07) is 21.3. The summed E-state index contributed by atoms with van der Waals surface area (Å²) in [5, 5.41) is 15.1. The Hall–Kier alpha value is -2.53. The van der Waals surface area contributed by atoms with Gasteiger partial charge >= 0.3 is 0 Å². The standard InChI is InChI=1S/C19H21N5/c1-3-7-16(8-4-1)15-24-13-11-19(12-14-24,18-20-22-23-21-18)17-9-5-2-6-10-17/h1-10H,11-15H2,(H,20,21,22,23). The second-order valence-electron chi connectivity index (χ2n) is 6.45. The molecule has 122 valence electrons. The number of H-pyrrole nitrogens is 1. The minimum absolute atomic E-state index is 0.137. The molecule has 0 radical (unpaired) electrons. The predicted molar refractivity (Wildman–Crippen MR) is 92.4 cm³/mol. The van der Waals surface area contributed by atoms with Gasteiger partial charge in [0.15, 0.2) is 5.82 Å². The second kappa shape index (κ2) is 6.53. The van der Waals surface area contributed by atoms with Gasteiger partial charge in [-0.05, 0) is 37.1 Å². The Morgan fingerprint density at radius 3 is 2.21 bits per heavy atom. The van der Waals surface area contributed by atoms with Crippen molar-refractivity contribution in [1.82, 2.24) is 25.5 Å². The molecule has 24 heavy (non-hydrogen) atoms. The van der Waals surface area contributed by atoms with Crippen LogP contribution in [0.3, 0.4) is 0 Å². The average molecular weight is 319 g/mol. The molecule has 0 spiro atoms. The van der Waals surface area contributed by atoms with Gasteiger partial charge < -0.3 is 0 Å². The van der Waals surface area contributed by atoms with Crippen molar-refractivity contribution in [2.45, 2.75) is 24.8 Å². The zero-order valence-electron chi connectivity index (χ0n) is 13.6. The van der Waals surface area contributed by atoms with E-state index in [1.54, 1.807) is 0 Å². The molecule has 1 aliphatic heterocycles. The van der Waals surface area contributed by atoms with E-state index in [4.69, 9.17) is 0 Å². The number of nitrogens with one attached hydrogen (secondary N) is 1. The van der Waals surface area contributed by atoms with E-state index in [9.17, 15) is 0 Å². The fourth-order valence-electron chi connectivity index (χ4n) is 3.70. The van der Waals surface area contributed by atoms with Crippen molar-refractivity contribution in [3.8, 4) is 0 Å². The number of hydrogen-bond donors (Lipinski definition) is 1. The third kappa shape index (κ3) is 2.83. The molecule has 1 aromatic heterocycles. The molecule has 0 amide bonds. The van der Waals surface area contributed by atoms with E-state index in [2.05, 4.69) is 86.2 Å². The van der Waals surface area contributed by atoms with Crippen LogP contribution in [-0.4, -0.2) is 38.6 Å². The van der Waals surface area contributed by atoms with E-state index in [1.807, 2.05) is 0 Å². The fraction of sp³-hybridized carbons (Fsp3) is 0.316. The zero-order valence-corrected chi connectivity index (χ0v) is 13.6. The summed E-state index contributed by atoms with van der Waals surface area (Å²) in [7, 11) is 0. The normalized spacial score (nSPS) is 17.7. The van der Waals surface area contributed by atoms with Crippen LogP contribution in [0.5, 0.6) is 0 Å². The van der Waals surface area contributed by atoms with Gasteiger partial charge in [-0.1, -0.05) is 65.9 Å². The highest BCUT2D eigenvalue weighted by Crippen LogP contribution is 2.39. The molecule has 1 N–H and O–H groups in total. The molecule has 0 bridgehead atoms. The first-order valence-corrected chi connectivity index (χ1v) is 8.43. The van der Waals surface area contributed by atoms with Gasteiger partial charge in [-0.2, -0.15) is 5.21 Å². The number of aromatic nitrogens is 4. The van der Waals surface area contributed by atoms with Crippen LogP contribution in [-0.2, 0) is 12.0 Å². The molecule has 4 rings (SSSR count). The van der Waals surface area contributed by atoms with Crippen molar-refractivity contribution < 1.29 is 0 Å². The van der Waals surface area contributed by atoms with Crippen LogP contribution in [0.2, 0.25) is 0 Å². The van der Waals surface area contributed by atoms with E-state index < -0.39 is 0 Å². The largest absolute Gasteiger partial charge is 0.299 e. The molecule has 0 saturated carbocycles. The monoisotopic (exact) mass is 319 g/mol. The molecular formula is C19H21N5. The molecule has 5 nitrogen and oxygen atoms in total. The predicted octanol–water partition coefficient (Wildman–Crippen LogP) is 2.78. The third-order valence-electron chi connectivity index (χ3n) is 5.06. The highest BCUT2D eigenvalue weighted by molar-refractivity contribution is 5.33. The SMILES string of the molecule is c1ccc(CN2CCC(c3ccccc3)(c3nn[nH]n3)CC2)cc1. The summed E-state index contributed by atoms with van der Waals surface area (Å²) >= 11 is 0. The molecule has 1 saturated heterocycles. The van der Waals surface area contributed by atoms with Crippen LogP contribution in [0, 0.1) is 0 Å². The Labute approximate surface area is 141 Å². The number of hydrogen-bond acceptors (Lipinski definition) is 4. The fourth-order valence-corrected chi connectivity index (χ4v) is 3.70. The average Bonchev–Trinajstić information content (AvgIpc) is 3.19. The van der Waals surface area contributed by atoms with Gasteiger partial charge in [0.1, 0.15) is 0 Å². The lowest BCUT2D eigenvalue weighted by Gasteiger charge is -2.40. The second-order valence-corrected chi connectivity index (χ2v) is 6.45. The minimum Gasteiger partial charge on any atom is -0.299 e. The third-order valence-corrected chi connectivity index (χ3v) is 5.06. The van der Waals surface area contributed by atoms with Crippen molar-refractivity contribution in [2.24, 2.45) is 0 Å². The van der Waals surface area contributed by atoms with Crippen molar-refractivity contribution in [1.29, 1.82) is 0 Å². The van der Waals surface area contributed by atoms with Crippen molar-refractivity contribution in [2.75, 3.05) is 13.1 Å². The van der Waals surface area contributed by atoms with E-state index in [0.29, 0.717) is 0 Å². The molecule has 0 atom stereocenters. The van der Waals surface area contributed by atoms with Gasteiger partial charge in [-0.15, -0.1) is 10.2 Å². The van der Waals surface area contributed by atoms with Crippen LogP contribution in [0.25, 0.3) is 0 Å². The van der Waals surface area contributed by atoms with E-state index in [-0.39, 0.29) is 5.41 Å². The number of piperidine rings is 1. The quantitative estimate of drug-likeness (QED) is 0.803. The van der Waals surface area contributed by atoms with Crippen LogP contribution in [0.1, 0.15) is 29.8 Å². The smallest absolute Gasteiger partial charge is 0.185 e. The summed E-state index contributed by atoms with van der Waals surface area (Å²) in [5.74, 6) is 0.813. The first-order chi connectivity index (χ1) is 11.9. The van der Waals surface area contributed by atoms with Crippen molar-refractivity contribution in [3.63, 3.8) is 0 Å². The van der Waals surface area contributed by atoms with E-state index in [1.165, 1.54) is 11.1 Å². The van der Waals surface area contributed by atoms with Gasteiger partial charge in [0.25, 0.3) is 0 Å². The molecule has 1 fully saturated rings. The summed E-state index contributed by atoms with van der Waals surface area (Å²) in [6.45, 7) is 3.05.